The van der Waals surface area contributed by atoms with E-state index >= 15 is 0 Å². The Kier molecular flexibility index (Phi) is 4.78. The van der Waals surface area contributed by atoms with E-state index in [1.165, 1.54) is 25.0 Å². The first kappa shape index (κ1) is 17.0. The largest absolute Gasteiger partial charge is 0.378 e. The summed E-state index contributed by atoms with van der Waals surface area (Å²) in [7, 11) is 0. The van der Waals surface area contributed by atoms with E-state index < -0.39 is 0 Å². The maximum Gasteiger partial charge on any atom is 0.253 e. The van der Waals surface area contributed by atoms with Gasteiger partial charge >= 0.3 is 0 Å². The third-order valence-corrected chi connectivity index (χ3v) is 5.75. The van der Waals surface area contributed by atoms with Crippen LogP contribution in [0.1, 0.15) is 48.9 Å². The predicted molar refractivity (Wildman–Crippen MR) is 91.9 cm³/mol. The summed E-state index contributed by atoms with van der Waals surface area (Å²) in [6, 6.07) is 5.93. The molecule has 4 nitrogen and oxygen atoms in total. The van der Waals surface area contributed by atoms with Crippen LogP contribution in [0.4, 0.5) is 4.39 Å². The van der Waals surface area contributed by atoms with Crippen LogP contribution < -0.4 is 0 Å². The third kappa shape index (κ3) is 4.04. The number of amides is 1. The first-order valence-electron chi connectivity index (χ1n) is 9.44. The topological polar surface area (TPSA) is 38.8 Å². The van der Waals surface area contributed by atoms with E-state index in [-0.39, 0.29) is 17.3 Å². The lowest BCUT2D eigenvalue weighted by molar-refractivity contribution is -0.153. The van der Waals surface area contributed by atoms with E-state index in [0.717, 1.165) is 44.8 Å². The summed E-state index contributed by atoms with van der Waals surface area (Å²) in [5, 5.41) is 0. The van der Waals surface area contributed by atoms with Gasteiger partial charge in [0.25, 0.3) is 5.91 Å². The number of hydrogen-bond donors (Lipinski definition) is 0. The van der Waals surface area contributed by atoms with Gasteiger partial charge in [-0.1, -0.05) is 6.07 Å². The van der Waals surface area contributed by atoms with Crippen LogP contribution in [-0.2, 0) is 9.47 Å². The number of piperidine rings is 1. The lowest BCUT2D eigenvalue weighted by Gasteiger charge is -2.46. The van der Waals surface area contributed by atoms with E-state index in [4.69, 9.17) is 9.47 Å². The number of likely N-dealkylation sites (tertiary alicyclic amines) is 1. The fourth-order valence-electron chi connectivity index (χ4n) is 3.95. The van der Waals surface area contributed by atoms with Gasteiger partial charge in [0.15, 0.2) is 0 Å². The number of rotatable bonds is 4. The Morgan fingerprint density at radius 1 is 1.28 bits per heavy atom. The maximum atomic E-state index is 13.4. The predicted octanol–water partition coefficient (Wildman–Crippen LogP) is 3.41. The fraction of sp³-hybridized carbons (Fsp3) is 0.650. The van der Waals surface area contributed by atoms with Crippen molar-refractivity contribution in [2.45, 2.75) is 50.2 Å². The number of benzene rings is 1. The standard InChI is InChI=1S/C20H26FNO3/c21-17-3-1-2-16(12-17)19(23)22-9-7-20(8-10-22)13-18(6-11-25-20)24-14-15-4-5-15/h1-3,12,15,18H,4-11,13-14H2. The molecule has 1 atom stereocenters. The van der Waals surface area contributed by atoms with Gasteiger partial charge in [0.1, 0.15) is 5.82 Å². The molecule has 1 unspecified atom stereocenters. The van der Waals surface area contributed by atoms with E-state index in [2.05, 4.69) is 0 Å². The van der Waals surface area contributed by atoms with Gasteiger partial charge in [0.2, 0.25) is 0 Å². The molecule has 1 aliphatic carbocycles. The van der Waals surface area contributed by atoms with Crippen LogP contribution in [0.15, 0.2) is 24.3 Å². The minimum absolute atomic E-state index is 0.0910. The molecule has 1 aromatic carbocycles. The van der Waals surface area contributed by atoms with Crippen molar-refractivity contribution >= 4 is 5.91 Å². The molecule has 1 spiro atoms. The van der Waals surface area contributed by atoms with Gasteiger partial charge < -0.3 is 14.4 Å². The third-order valence-electron chi connectivity index (χ3n) is 5.75. The molecular weight excluding hydrogens is 321 g/mol. The molecule has 25 heavy (non-hydrogen) atoms. The minimum atomic E-state index is -0.370. The van der Waals surface area contributed by atoms with Crippen LogP contribution in [-0.4, -0.2) is 48.8 Å². The van der Waals surface area contributed by atoms with E-state index in [1.54, 1.807) is 12.1 Å². The summed E-state index contributed by atoms with van der Waals surface area (Å²) >= 11 is 0. The Balaban J connectivity index is 1.33. The van der Waals surface area contributed by atoms with Crippen molar-refractivity contribution < 1.29 is 18.7 Å². The van der Waals surface area contributed by atoms with Crippen LogP contribution in [0.25, 0.3) is 0 Å². The molecular formula is C20H26FNO3. The summed E-state index contributed by atoms with van der Waals surface area (Å²) in [6.07, 6.45) is 6.48. The zero-order valence-electron chi connectivity index (χ0n) is 14.6. The van der Waals surface area contributed by atoms with Gasteiger partial charge in [-0.25, -0.2) is 4.39 Å². The number of ether oxygens (including phenoxy) is 2. The van der Waals surface area contributed by atoms with Gasteiger partial charge in [-0.3, -0.25) is 4.79 Å². The molecule has 3 aliphatic rings. The molecule has 0 radical (unpaired) electrons. The highest BCUT2D eigenvalue weighted by molar-refractivity contribution is 5.94. The van der Waals surface area contributed by atoms with Crippen molar-refractivity contribution in [2.75, 3.05) is 26.3 Å². The Labute approximate surface area is 148 Å². The molecule has 2 saturated heterocycles. The van der Waals surface area contributed by atoms with Crippen molar-refractivity contribution in [1.82, 2.24) is 4.90 Å². The molecule has 3 fully saturated rings. The highest BCUT2D eigenvalue weighted by atomic mass is 19.1. The van der Waals surface area contributed by atoms with Gasteiger partial charge in [0, 0.05) is 38.3 Å². The van der Waals surface area contributed by atoms with Crippen LogP contribution in [0.2, 0.25) is 0 Å². The van der Waals surface area contributed by atoms with Crippen molar-refractivity contribution in [1.29, 1.82) is 0 Å². The molecule has 2 aliphatic heterocycles. The Morgan fingerprint density at radius 3 is 2.80 bits per heavy atom. The van der Waals surface area contributed by atoms with Crippen LogP contribution in [0.3, 0.4) is 0 Å². The summed E-state index contributed by atoms with van der Waals surface area (Å²) in [5.41, 5.74) is 0.275. The molecule has 1 amide bonds. The second kappa shape index (κ2) is 7.04. The van der Waals surface area contributed by atoms with Crippen molar-refractivity contribution in [3.05, 3.63) is 35.6 Å². The first-order valence-corrected chi connectivity index (χ1v) is 9.44. The van der Waals surface area contributed by atoms with Gasteiger partial charge in [-0.05, 0) is 56.2 Å². The molecule has 5 heteroatoms. The van der Waals surface area contributed by atoms with Crippen LogP contribution in [0.5, 0.6) is 0 Å². The number of carbonyl (C=O) groups is 1. The summed E-state index contributed by atoms with van der Waals surface area (Å²) in [4.78, 5) is 14.4. The zero-order valence-corrected chi connectivity index (χ0v) is 14.6. The SMILES string of the molecule is O=C(c1cccc(F)c1)N1CCC2(CC1)CC(OCC1CC1)CCO2. The molecule has 0 bridgehead atoms. The molecule has 2 heterocycles. The average Bonchev–Trinajstić information content (AvgIpc) is 3.45. The normalized spacial score (nSPS) is 26.0. The summed E-state index contributed by atoms with van der Waals surface area (Å²) in [5.74, 6) is 0.321. The molecule has 0 N–H and O–H groups in total. The fourth-order valence-corrected chi connectivity index (χ4v) is 3.95. The monoisotopic (exact) mass is 347 g/mol. The lowest BCUT2D eigenvalue weighted by Crippen LogP contribution is -2.52. The average molecular weight is 347 g/mol. The van der Waals surface area contributed by atoms with Crippen molar-refractivity contribution in [3.8, 4) is 0 Å². The van der Waals surface area contributed by atoms with Gasteiger partial charge in [-0.15, -0.1) is 0 Å². The lowest BCUT2D eigenvalue weighted by atomic mass is 9.83. The highest BCUT2D eigenvalue weighted by Gasteiger charge is 2.42. The van der Waals surface area contributed by atoms with Gasteiger partial charge in [0.05, 0.1) is 11.7 Å². The Morgan fingerprint density at radius 2 is 2.08 bits per heavy atom. The molecule has 1 aromatic rings. The number of hydrogen-bond acceptors (Lipinski definition) is 3. The maximum absolute atomic E-state index is 13.4. The number of carbonyl (C=O) groups excluding carboxylic acids is 1. The second-order valence-electron chi connectivity index (χ2n) is 7.73. The molecule has 4 rings (SSSR count). The number of nitrogens with zero attached hydrogens (tertiary/aromatic N) is 1. The number of halogens is 1. The van der Waals surface area contributed by atoms with Gasteiger partial charge in [-0.2, -0.15) is 0 Å². The highest BCUT2D eigenvalue weighted by Crippen LogP contribution is 2.37. The first-order chi connectivity index (χ1) is 12.1. The van der Waals surface area contributed by atoms with E-state index in [0.29, 0.717) is 24.8 Å². The smallest absolute Gasteiger partial charge is 0.253 e. The Bertz CT molecular complexity index is 623. The molecule has 1 saturated carbocycles. The Hall–Kier alpha value is -1.46. The van der Waals surface area contributed by atoms with E-state index in [9.17, 15) is 9.18 Å². The van der Waals surface area contributed by atoms with Crippen molar-refractivity contribution in [2.24, 2.45) is 5.92 Å². The zero-order chi connectivity index (χ0) is 17.3. The molecule has 0 aromatic heterocycles. The van der Waals surface area contributed by atoms with Crippen molar-refractivity contribution in [3.63, 3.8) is 0 Å². The summed E-state index contributed by atoms with van der Waals surface area (Å²) in [6.45, 7) is 2.95. The molecule has 136 valence electrons. The minimum Gasteiger partial charge on any atom is -0.378 e. The van der Waals surface area contributed by atoms with Crippen LogP contribution >= 0.6 is 0 Å². The quantitative estimate of drug-likeness (QED) is 0.838. The van der Waals surface area contributed by atoms with E-state index in [1.807, 2.05) is 4.90 Å². The second-order valence-corrected chi connectivity index (χ2v) is 7.73. The van der Waals surface area contributed by atoms with Crippen LogP contribution in [0, 0.1) is 11.7 Å². The summed E-state index contributed by atoms with van der Waals surface area (Å²) < 4.78 is 25.6.